The highest BCUT2D eigenvalue weighted by atomic mass is 32.1. The van der Waals surface area contributed by atoms with Crippen LogP contribution in [0.2, 0.25) is 0 Å². The third kappa shape index (κ3) is 5.64. The minimum Gasteiger partial charge on any atom is -0.410 e. The lowest BCUT2D eigenvalue weighted by Gasteiger charge is -2.33. The summed E-state index contributed by atoms with van der Waals surface area (Å²) >= 11 is 1.69. The molecular formula is C23H26N4O2S. The van der Waals surface area contributed by atoms with E-state index < -0.39 is 0 Å². The molecule has 1 aliphatic rings. The second-order valence-corrected chi connectivity index (χ2v) is 8.44. The summed E-state index contributed by atoms with van der Waals surface area (Å²) in [5, 5.41) is 3.17. The fourth-order valence-electron chi connectivity index (χ4n) is 3.53. The van der Waals surface area contributed by atoms with Crippen molar-refractivity contribution < 1.29 is 9.53 Å². The standard InChI is InChI=1S/C23H26N4O2S/c1-18-3-2-4-20(25-18)17-19-5-7-21(8-6-19)29-23(28)27-14-12-26(13-15-27)11-9-22-24-10-16-30-22/h2-8,10,16H,9,11-15,17H2,1H3. The van der Waals surface area contributed by atoms with Crippen molar-refractivity contribution in [1.82, 2.24) is 19.8 Å². The number of benzene rings is 1. The smallest absolute Gasteiger partial charge is 0.410 e. The second-order valence-electron chi connectivity index (χ2n) is 7.46. The highest BCUT2D eigenvalue weighted by molar-refractivity contribution is 7.09. The summed E-state index contributed by atoms with van der Waals surface area (Å²) in [6, 6.07) is 13.7. The Bertz CT molecular complexity index is 952. The fourth-order valence-corrected chi connectivity index (χ4v) is 4.14. The van der Waals surface area contributed by atoms with Gasteiger partial charge in [-0.1, -0.05) is 18.2 Å². The molecule has 2 aromatic heterocycles. The van der Waals surface area contributed by atoms with E-state index in [2.05, 4.69) is 14.9 Å². The first-order valence-corrected chi connectivity index (χ1v) is 11.1. The van der Waals surface area contributed by atoms with Gasteiger partial charge >= 0.3 is 6.09 Å². The Morgan fingerprint density at radius 3 is 2.60 bits per heavy atom. The van der Waals surface area contributed by atoms with E-state index in [1.165, 1.54) is 5.01 Å². The minimum absolute atomic E-state index is 0.275. The number of rotatable bonds is 6. The Hall–Kier alpha value is -2.77. The molecule has 0 radical (unpaired) electrons. The maximum atomic E-state index is 12.5. The first-order chi connectivity index (χ1) is 14.7. The van der Waals surface area contributed by atoms with E-state index in [0.29, 0.717) is 18.8 Å². The molecule has 0 aliphatic carbocycles. The molecule has 0 spiro atoms. The van der Waals surface area contributed by atoms with Crippen LogP contribution in [0.5, 0.6) is 5.75 Å². The Balaban J connectivity index is 1.23. The van der Waals surface area contributed by atoms with E-state index >= 15 is 0 Å². The van der Waals surface area contributed by atoms with Crippen LogP contribution in [-0.2, 0) is 12.8 Å². The molecule has 7 heteroatoms. The van der Waals surface area contributed by atoms with E-state index in [9.17, 15) is 4.79 Å². The number of carbonyl (C=O) groups excluding carboxylic acids is 1. The van der Waals surface area contributed by atoms with Crippen molar-refractivity contribution >= 4 is 17.4 Å². The van der Waals surface area contributed by atoms with Gasteiger partial charge in [0, 0.05) is 68.5 Å². The number of ether oxygens (including phenoxy) is 1. The summed E-state index contributed by atoms with van der Waals surface area (Å²) in [5.41, 5.74) is 3.19. The van der Waals surface area contributed by atoms with Crippen LogP contribution in [-0.4, -0.2) is 58.6 Å². The molecule has 0 bridgehead atoms. The lowest BCUT2D eigenvalue weighted by molar-refractivity contribution is 0.111. The third-order valence-corrected chi connectivity index (χ3v) is 6.06. The van der Waals surface area contributed by atoms with Gasteiger partial charge in [-0.25, -0.2) is 9.78 Å². The van der Waals surface area contributed by atoms with Crippen LogP contribution in [0.4, 0.5) is 4.79 Å². The maximum absolute atomic E-state index is 12.5. The van der Waals surface area contributed by atoms with Gasteiger partial charge in [0.2, 0.25) is 0 Å². The number of pyridine rings is 1. The Morgan fingerprint density at radius 1 is 1.10 bits per heavy atom. The predicted molar refractivity (Wildman–Crippen MR) is 118 cm³/mol. The number of thiazole rings is 1. The normalized spacial score (nSPS) is 14.6. The molecule has 1 aliphatic heterocycles. The third-order valence-electron chi connectivity index (χ3n) is 5.22. The number of amides is 1. The summed E-state index contributed by atoms with van der Waals surface area (Å²) in [6.45, 7) is 6.08. The van der Waals surface area contributed by atoms with Gasteiger partial charge < -0.3 is 9.64 Å². The predicted octanol–water partition coefficient (Wildman–Crippen LogP) is 3.80. The van der Waals surface area contributed by atoms with Crippen LogP contribution >= 0.6 is 11.3 Å². The summed E-state index contributed by atoms with van der Waals surface area (Å²) in [4.78, 5) is 25.5. The number of nitrogens with zero attached hydrogens (tertiary/aromatic N) is 4. The maximum Gasteiger partial charge on any atom is 0.415 e. The largest absolute Gasteiger partial charge is 0.415 e. The van der Waals surface area contributed by atoms with Crippen LogP contribution in [0.25, 0.3) is 0 Å². The van der Waals surface area contributed by atoms with Gasteiger partial charge in [-0.15, -0.1) is 11.3 Å². The van der Waals surface area contributed by atoms with E-state index in [4.69, 9.17) is 4.74 Å². The average Bonchev–Trinajstić information content (AvgIpc) is 3.28. The first-order valence-electron chi connectivity index (χ1n) is 10.2. The number of aromatic nitrogens is 2. The molecule has 0 saturated carbocycles. The van der Waals surface area contributed by atoms with Crippen molar-refractivity contribution in [2.24, 2.45) is 0 Å². The molecule has 1 fully saturated rings. The van der Waals surface area contributed by atoms with Crippen LogP contribution in [0.1, 0.15) is 22.0 Å². The molecule has 3 heterocycles. The van der Waals surface area contributed by atoms with Crippen LogP contribution in [0, 0.1) is 6.92 Å². The monoisotopic (exact) mass is 422 g/mol. The summed E-state index contributed by atoms with van der Waals surface area (Å²) in [6.07, 6.45) is 3.30. The zero-order chi connectivity index (χ0) is 20.8. The molecule has 1 aromatic carbocycles. The van der Waals surface area contributed by atoms with Gasteiger partial charge in [-0.2, -0.15) is 0 Å². The molecule has 4 rings (SSSR count). The number of aryl methyl sites for hydroxylation is 1. The van der Waals surface area contributed by atoms with Crippen molar-refractivity contribution in [3.05, 3.63) is 76.0 Å². The fraction of sp³-hybridized carbons (Fsp3) is 0.348. The number of hydrogen-bond donors (Lipinski definition) is 0. The molecule has 1 saturated heterocycles. The van der Waals surface area contributed by atoms with Crippen molar-refractivity contribution in [3.8, 4) is 5.75 Å². The van der Waals surface area contributed by atoms with E-state index in [0.717, 1.165) is 49.4 Å². The molecule has 0 unspecified atom stereocenters. The Labute approximate surface area is 181 Å². The van der Waals surface area contributed by atoms with Crippen molar-refractivity contribution in [1.29, 1.82) is 0 Å². The Kier molecular flexibility index (Phi) is 6.71. The molecule has 30 heavy (non-hydrogen) atoms. The van der Waals surface area contributed by atoms with Crippen molar-refractivity contribution in [2.75, 3.05) is 32.7 Å². The molecule has 1 amide bonds. The SMILES string of the molecule is Cc1cccc(Cc2ccc(OC(=O)N3CCN(CCc4nccs4)CC3)cc2)n1. The Morgan fingerprint density at radius 2 is 1.90 bits per heavy atom. The summed E-state index contributed by atoms with van der Waals surface area (Å²) in [5.74, 6) is 0.576. The summed E-state index contributed by atoms with van der Waals surface area (Å²) < 4.78 is 5.58. The van der Waals surface area contributed by atoms with E-state index in [1.807, 2.05) is 61.0 Å². The molecule has 3 aromatic rings. The van der Waals surface area contributed by atoms with Crippen molar-refractivity contribution in [3.63, 3.8) is 0 Å². The van der Waals surface area contributed by atoms with Gasteiger partial charge in [0.1, 0.15) is 5.75 Å². The highest BCUT2D eigenvalue weighted by Crippen LogP contribution is 2.16. The lowest BCUT2D eigenvalue weighted by Crippen LogP contribution is -2.49. The molecule has 0 atom stereocenters. The quantitative estimate of drug-likeness (QED) is 0.605. The van der Waals surface area contributed by atoms with Gasteiger partial charge in [-0.05, 0) is 36.8 Å². The summed E-state index contributed by atoms with van der Waals surface area (Å²) in [7, 11) is 0. The minimum atomic E-state index is -0.275. The average molecular weight is 423 g/mol. The molecule has 0 N–H and O–H groups in total. The number of piperazine rings is 1. The molecule has 156 valence electrons. The lowest BCUT2D eigenvalue weighted by atomic mass is 10.1. The number of hydrogen-bond acceptors (Lipinski definition) is 6. The second kappa shape index (κ2) is 9.82. The highest BCUT2D eigenvalue weighted by Gasteiger charge is 2.22. The van der Waals surface area contributed by atoms with Gasteiger partial charge in [0.25, 0.3) is 0 Å². The number of carbonyl (C=O) groups is 1. The van der Waals surface area contributed by atoms with Crippen LogP contribution < -0.4 is 4.74 Å². The van der Waals surface area contributed by atoms with Crippen LogP contribution in [0.15, 0.2) is 54.0 Å². The van der Waals surface area contributed by atoms with Crippen LogP contribution in [0.3, 0.4) is 0 Å². The zero-order valence-corrected chi connectivity index (χ0v) is 18.0. The van der Waals surface area contributed by atoms with E-state index in [1.54, 1.807) is 16.2 Å². The van der Waals surface area contributed by atoms with E-state index in [-0.39, 0.29) is 6.09 Å². The van der Waals surface area contributed by atoms with Gasteiger partial charge in [0.05, 0.1) is 5.01 Å². The first kappa shape index (κ1) is 20.5. The zero-order valence-electron chi connectivity index (χ0n) is 17.2. The molecular weight excluding hydrogens is 396 g/mol. The van der Waals surface area contributed by atoms with Gasteiger partial charge in [0.15, 0.2) is 0 Å². The van der Waals surface area contributed by atoms with Gasteiger partial charge in [-0.3, -0.25) is 9.88 Å². The topological polar surface area (TPSA) is 58.6 Å². The molecule has 6 nitrogen and oxygen atoms in total. The van der Waals surface area contributed by atoms with Crippen molar-refractivity contribution in [2.45, 2.75) is 19.8 Å².